The summed E-state index contributed by atoms with van der Waals surface area (Å²) in [6.07, 6.45) is 0. The predicted molar refractivity (Wildman–Crippen MR) is 83.0 cm³/mol. The van der Waals surface area contributed by atoms with Gasteiger partial charge in [-0.15, -0.1) is 0 Å². The number of halogens is 2. The van der Waals surface area contributed by atoms with Crippen molar-refractivity contribution in [2.45, 2.75) is 13.5 Å². The van der Waals surface area contributed by atoms with E-state index < -0.39 is 0 Å². The summed E-state index contributed by atoms with van der Waals surface area (Å²) < 4.78 is 6.90. The van der Waals surface area contributed by atoms with Gasteiger partial charge < -0.3 is 10.1 Å². The number of hydrogen-bond donors (Lipinski definition) is 1. The average Bonchev–Trinajstić information content (AvgIpc) is 2.40. The van der Waals surface area contributed by atoms with Crippen LogP contribution in [0.2, 0.25) is 5.02 Å². The van der Waals surface area contributed by atoms with Gasteiger partial charge in [0, 0.05) is 16.6 Å². The normalized spacial score (nSPS) is 10.5. The molecule has 0 atom stereocenters. The van der Waals surface area contributed by atoms with Gasteiger partial charge in [-0.05, 0) is 30.8 Å². The van der Waals surface area contributed by atoms with Crippen LogP contribution in [0.25, 0.3) is 0 Å². The zero-order chi connectivity index (χ0) is 13.7. The van der Waals surface area contributed by atoms with Gasteiger partial charge in [0.2, 0.25) is 0 Å². The highest BCUT2D eigenvalue weighted by molar-refractivity contribution is 9.10. The van der Waals surface area contributed by atoms with E-state index in [2.05, 4.69) is 28.2 Å². The van der Waals surface area contributed by atoms with Crippen LogP contribution in [-0.4, -0.2) is 6.54 Å². The molecule has 0 amide bonds. The van der Waals surface area contributed by atoms with Crippen LogP contribution in [0.3, 0.4) is 0 Å². The van der Waals surface area contributed by atoms with Gasteiger partial charge in [-0.25, -0.2) is 0 Å². The Labute approximate surface area is 126 Å². The quantitative estimate of drug-likeness (QED) is 0.826. The zero-order valence-corrected chi connectivity index (χ0v) is 13.0. The van der Waals surface area contributed by atoms with Crippen molar-refractivity contribution in [2.75, 3.05) is 6.54 Å². The van der Waals surface area contributed by atoms with Gasteiger partial charge in [-0.2, -0.15) is 0 Å². The maximum atomic E-state index is 6.12. The lowest BCUT2D eigenvalue weighted by Crippen LogP contribution is -2.12. The van der Waals surface area contributed by atoms with Crippen molar-refractivity contribution in [3.63, 3.8) is 0 Å². The smallest absolute Gasteiger partial charge is 0.146 e. The van der Waals surface area contributed by atoms with Crippen molar-refractivity contribution < 1.29 is 4.74 Å². The van der Waals surface area contributed by atoms with Crippen molar-refractivity contribution in [1.29, 1.82) is 0 Å². The van der Waals surface area contributed by atoms with Gasteiger partial charge in [0.05, 0.1) is 5.02 Å². The van der Waals surface area contributed by atoms with Crippen LogP contribution >= 0.6 is 27.5 Å². The van der Waals surface area contributed by atoms with Crippen LogP contribution in [0.15, 0.2) is 46.9 Å². The summed E-state index contributed by atoms with van der Waals surface area (Å²) in [5, 5.41) is 3.90. The van der Waals surface area contributed by atoms with Gasteiger partial charge in [-0.3, -0.25) is 0 Å². The minimum absolute atomic E-state index is 0.608. The number of benzene rings is 2. The standard InChI is InChI=1S/C15H15BrClNO/c1-2-18-10-11-7-8-12(16)9-15(11)19-14-6-4-3-5-13(14)17/h3-9,18H,2,10H2,1H3. The van der Waals surface area contributed by atoms with E-state index in [1.807, 2.05) is 42.5 Å². The summed E-state index contributed by atoms with van der Waals surface area (Å²) in [5.41, 5.74) is 1.10. The molecule has 0 aromatic heterocycles. The Bertz CT molecular complexity index is 560. The maximum Gasteiger partial charge on any atom is 0.146 e. The molecule has 1 N–H and O–H groups in total. The fourth-order valence-corrected chi connectivity index (χ4v) is 2.19. The Morgan fingerprint density at radius 1 is 1.16 bits per heavy atom. The molecular weight excluding hydrogens is 326 g/mol. The molecule has 0 saturated heterocycles. The number of ether oxygens (including phenoxy) is 1. The molecule has 0 bridgehead atoms. The summed E-state index contributed by atoms with van der Waals surface area (Å²) in [4.78, 5) is 0. The second kappa shape index (κ2) is 6.94. The maximum absolute atomic E-state index is 6.12. The fraction of sp³-hybridized carbons (Fsp3) is 0.200. The highest BCUT2D eigenvalue weighted by Gasteiger charge is 2.08. The molecule has 2 rings (SSSR count). The molecule has 0 unspecified atom stereocenters. The molecule has 0 spiro atoms. The van der Waals surface area contributed by atoms with E-state index in [-0.39, 0.29) is 0 Å². The van der Waals surface area contributed by atoms with Crippen molar-refractivity contribution in [3.8, 4) is 11.5 Å². The van der Waals surface area contributed by atoms with Gasteiger partial charge in [-0.1, -0.05) is 52.7 Å². The first-order valence-electron chi connectivity index (χ1n) is 6.12. The van der Waals surface area contributed by atoms with Gasteiger partial charge >= 0.3 is 0 Å². The third-order valence-corrected chi connectivity index (χ3v) is 3.46. The number of para-hydroxylation sites is 1. The summed E-state index contributed by atoms with van der Waals surface area (Å²) in [5.74, 6) is 1.48. The van der Waals surface area contributed by atoms with Crippen molar-refractivity contribution in [2.24, 2.45) is 0 Å². The van der Waals surface area contributed by atoms with Crippen LogP contribution in [0, 0.1) is 0 Å². The summed E-state index contributed by atoms with van der Waals surface area (Å²) >= 11 is 9.58. The molecule has 0 heterocycles. The molecule has 0 radical (unpaired) electrons. The second-order valence-corrected chi connectivity index (χ2v) is 5.39. The lowest BCUT2D eigenvalue weighted by atomic mass is 10.2. The van der Waals surface area contributed by atoms with Crippen LogP contribution in [-0.2, 0) is 6.54 Å². The molecule has 100 valence electrons. The monoisotopic (exact) mass is 339 g/mol. The molecule has 2 nitrogen and oxygen atoms in total. The first-order valence-corrected chi connectivity index (χ1v) is 7.29. The SMILES string of the molecule is CCNCc1ccc(Br)cc1Oc1ccccc1Cl. The Morgan fingerprint density at radius 3 is 2.68 bits per heavy atom. The zero-order valence-electron chi connectivity index (χ0n) is 10.6. The van der Waals surface area contributed by atoms with Crippen LogP contribution in [0.1, 0.15) is 12.5 Å². The lowest BCUT2D eigenvalue weighted by Gasteiger charge is -2.13. The molecule has 2 aromatic rings. The molecule has 2 aromatic carbocycles. The molecule has 0 aliphatic heterocycles. The van der Waals surface area contributed by atoms with E-state index in [1.54, 1.807) is 0 Å². The first kappa shape index (κ1) is 14.4. The van der Waals surface area contributed by atoms with Gasteiger partial charge in [0.15, 0.2) is 0 Å². The first-order chi connectivity index (χ1) is 9.20. The highest BCUT2D eigenvalue weighted by Crippen LogP contribution is 2.32. The highest BCUT2D eigenvalue weighted by atomic mass is 79.9. The Balaban J connectivity index is 2.27. The van der Waals surface area contributed by atoms with E-state index in [9.17, 15) is 0 Å². The third kappa shape index (κ3) is 3.96. The number of rotatable bonds is 5. The fourth-order valence-electron chi connectivity index (χ4n) is 1.68. The van der Waals surface area contributed by atoms with Crippen molar-refractivity contribution >= 4 is 27.5 Å². The molecule has 4 heteroatoms. The van der Waals surface area contributed by atoms with E-state index in [4.69, 9.17) is 16.3 Å². The Kier molecular flexibility index (Phi) is 5.25. The largest absolute Gasteiger partial charge is 0.455 e. The number of hydrogen-bond acceptors (Lipinski definition) is 2. The molecule has 0 aliphatic rings. The molecule has 0 saturated carbocycles. The lowest BCUT2D eigenvalue weighted by molar-refractivity contribution is 0.473. The molecule has 19 heavy (non-hydrogen) atoms. The summed E-state index contributed by atoms with van der Waals surface area (Å²) in [6, 6.07) is 13.5. The molecule has 0 fully saturated rings. The molecular formula is C15H15BrClNO. The third-order valence-electron chi connectivity index (χ3n) is 2.65. The van der Waals surface area contributed by atoms with Gasteiger partial charge in [0.1, 0.15) is 11.5 Å². The van der Waals surface area contributed by atoms with Crippen molar-refractivity contribution in [1.82, 2.24) is 5.32 Å². The Morgan fingerprint density at radius 2 is 1.95 bits per heavy atom. The van der Waals surface area contributed by atoms with Crippen molar-refractivity contribution in [3.05, 3.63) is 57.5 Å². The average molecular weight is 341 g/mol. The number of nitrogens with one attached hydrogen (secondary N) is 1. The van der Waals surface area contributed by atoms with Gasteiger partial charge in [0.25, 0.3) is 0 Å². The van der Waals surface area contributed by atoms with E-state index in [0.717, 1.165) is 28.9 Å². The topological polar surface area (TPSA) is 21.3 Å². The molecule has 0 aliphatic carbocycles. The predicted octanol–water partition coefficient (Wildman–Crippen LogP) is 5.00. The second-order valence-electron chi connectivity index (χ2n) is 4.06. The summed E-state index contributed by atoms with van der Waals surface area (Å²) in [6.45, 7) is 3.76. The Hall–Kier alpha value is -1.03. The van der Waals surface area contributed by atoms with Crippen LogP contribution in [0.4, 0.5) is 0 Å². The van der Waals surface area contributed by atoms with Crippen LogP contribution in [0.5, 0.6) is 11.5 Å². The van der Waals surface area contributed by atoms with E-state index in [0.29, 0.717) is 10.8 Å². The minimum atomic E-state index is 0.608. The van der Waals surface area contributed by atoms with Crippen LogP contribution < -0.4 is 10.1 Å². The minimum Gasteiger partial charge on any atom is -0.455 e. The van der Waals surface area contributed by atoms with E-state index >= 15 is 0 Å². The summed E-state index contributed by atoms with van der Waals surface area (Å²) in [7, 11) is 0. The van der Waals surface area contributed by atoms with E-state index in [1.165, 1.54) is 0 Å².